The van der Waals surface area contributed by atoms with Gasteiger partial charge in [-0.15, -0.1) is 0 Å². The molecule has 1 aliphatic carbocycles. The number of hydrogen-bond donors (Lipinski definition) is 1. The number of aliphatic carboxylic acids is 1. The van der Waals surface area contributed by atoms with Crippen LogP contribution in [0.25, 0.3) is 0 Å². The van der Waals surface area contributed by atoms with E-state index in [2.05, 4.69) is 0 Å². The molecule has 0 aliphatic heterocycles. The van der Waals surface area contributed by atoms with Crippen LogP contribution in [0.2, 0.25) is 0 Å². The van der Waals surface area contributed by atoms with Crippen LogP contribution in [-0.2, 0) is 9.53 Å². The third-order valence-electron chi connectivity index (χ3n) is 1.91. The molecule has 0 amide bonds. The SMILES string of the molecule is CC(C)OC1(C(=O)O)C=C(Cl)C=C(Cl)C1. The highest BCUT2D eigenvalue weighted by Gasteiger charge is 2.41. The van der Waals surface area contributed by atoms with Gasteiger partial charge in [0, 0.05) is 16.5 Å². The summed E-state index contributed by atoms with van der Waals surface area (Å²) in [6.45, 7) is 3.53. The molecule has 5 heteroatoms. The molecule has 1 aliphatic rings. The molecule has 0 saturated carbocycles. The number of halogens is 2. The first-order chi connectivity index (χ1) is 6.85. The van der Waals surface area contributed by atoms with Gasteiger partial charge in [0.05, 0.1) is 6.10 Å². The molecule has 0 fully saturated rings. The highest BCUT2D eigenvalue weighted by atomic mass is 35.5. The van der Waals surface area contributed by atoms with E-state index in [1.165, 1.54) is 12.2 Å². The molecular weight excluding hydrogens is 239 g/mol. The molecule has 0 bridgehead atoms. The van der Waals surface area contributed by atoms with E-state index in [9.17, 15) is 4.79 Å². The maximum atomic E-state index is 11.2. The van der Waals surface area contributed by atoms with Crippen LogP contribution >= 0.6 is 23.2 Å². The van der Waals surface area contributed by atoms with Gasteiger partial charge in [-0.2, -0.15) is 0 Å². The van der Waals surface area contributed by atoms with Crippen LogP contribution in [0.3, 0.4) is 0 Å². The van der Waals surface area contributed by atoms with Crippen molar-refractivity contribution >= 4 is 29.2 Å². The molecule has 84 valence electrons. The van der Waals surface area contributed by atoms with Crippen molar-refractivity contribution in [3.05, 3.63) is 22.2 Å². The molecule has 0 spiro atoms. The van der Waals surface area contributed by atoms with Crippen molar-refractivity contribution in [3.8, 4) is 0 Å². The Labute approximate surface area is 98.3 Å². The Morgan fingerprint density at radius 2 is 2.20 bits per heavy atom. The fourth-order valence-electron chi connectivity index (χ4n) is 1.45. The van der Waals surface area contributed by atoms with Gasteiger partial charge in [-0.1, -0.05) is 23.2 Å². The lowest BCUT2D eigenvalue weighted by molar-refractivity contribution is -0.163. The van der Waals surface area contributed by atoms with Crippen molar-refractivity contribution in [2.75, 3.05) is 0 Å². The van der Waals surface area contributed by atoms with E-state index in [0.29, 0.717) is 5.03 Å². The molecule has 0 radical (unpaired) electrons. The molecule has 15 heavy (non-hydrogen) atoms. The molecule has 1 unspecified atom stereocenters. The fraction of sp³-hybridized carbons (Fsp3) is 0.500. The monoisotopic (exact) mass is 250 g/mol. The van der Waals surface area contributed by atoms with Gasteiger partial charge in [0.25, 0.3) is 0 Å². The van der Waals surface area contributed by atoms with Gasteiger partial charge in [0.2, 0.25) is 0 Å². The summed E-state index contributed by atoms with van der Waals surface area (Å²) >= 11 is 11.6. The first-order valence-electron chi connectivity index (χ1n) is 4.51. The van der Waals surface area contributed by atoms with Gasteiger partial charge < -0.3 is 9.84 Å². The summed E-state index contributed by atoms with van der Waals surface area (Å²) in [5, 5.41) is 9.83. The highest BCUT2D eigenvalue weighted by Crippen LogP contribution is 2.34. The zero-order valence-corrected chi connectivity index (χ0v) is 9.97. The predicted molar refractivity (Wildman–Crippen MR) is 59.1 cm³/mol. The van der Waals surface area contributed by atoms with Crippen LogP contribution in [0.4, 0.5) is 0 Å². The lowest BCUT2D eigenvalue weighted by Crippen LogP contribution is -2.43. The van der Waals surface area contributed by atoms with Crippen molar-refractivity contribution in [3.63, 3.8) is 0 Å². The second kappa shape index (κ2) is 4.56. The van der Waals surface area contributed by atoms with E-state index in [-0.39, 0.29) is 17.6 Å². The fourth-order valence-corrected chi connectivity index (χ4v) is 2.13. The number of allylic oxidation sites excluding steroid dienone is 2. The zero-order chi connectivity index (χ0) is 11.6. The van der Waals surface area contributed by atoms with E-state index in [1.807, 2.05) is 0 Å². The number of carboxylic acid groups (broad SMARTS) is 1. The normalized spacial score (nSPS) is 26.2. The topological polar surface area (TPSA) is 46.5 Å². The zero-order valence-electron chi connectivity index (χ0n) is 8.46. The predicted octanol–water partition coefficient (Wildman–Crippen LogP) is 2.88. The van der Waals surface area contributed by atoms with Crippen molar-refractivity contribution < 1.29 is 14.6 Å². The van der Waals surface area contributed by atoms with Crippen molar-refractivity contribution in [1.82, 2.24) is 0 Å². The Morgan fingerprint density at radius 1 is 1.60 bits per heavy atom. The summed E-state index contributed by atoms with van der Waals surface area (Å²) in [6, 6.07) is 0. The Kier molecular flexibility index (Phi) is 3.82. The maximum Gasteiger partial charge on any atom is 0.340 e. The smallest absolute Gasteiger partial charge is 0.340 e. The standard InChI is InChI=1S/C10H12Cl2O3/c1-6(2)15-10(9(13)14)4-7(11)3-8(12)5-10/h3-4,6H,5H2,1-2H3,(H,13,14). The van der Waals surface area contributed by atoms with Crippen molar-refractivity contribution in [2.45, 2.75) is 32.0 Å². The maximum absolute atomic E-state index is 11.2. The first kappa shape index (κ1) is 12.6. The molecule has 1 N–H and O–H groups in total. The van der Waals surface area contributed by atoms with Crippen LogP contribution in [0.1, 0.15) is 20.3 Å². The number of carbonyl (C=O) groups is 1. The molecule has 0 aromatic carbocycles. The minimum absolute atomic E-state index is 0.109. The van der Waals surface area contributed by atoms with Gasteiger partial charge in [0.15, 0.2) is 5.60 Å². The largest absolute Gasteiger partial charge is 0.479 e. The summed E-state index contributed by atoms with van der Waals surface area (Å²) in [4.78, 5) is 11.2. The Bertz CT molecular complexity index is 334. The number of rotatable bonds is 3. The molecule has 3 nitrogen and oxygen atoms in total. The molecule has 1 atom stereocenters. The van der Waals surface area contributed by atoms with Crippen LogP contribution in [0, 0.1) is 0 Å². The summed E-state index contributed by atoms with van der Waals surface area (Å²) in [5.41, 5.74) is -1.43. The van der Waals surface area contributed by atoms with Crippen LogP contribution in [-0.4, -0.2) is 22.8 Å². The van der Waals surface area contributed by atoms with Gasteiger partial charge in [-0.3, -0.25) is 0 Å². The van der Waals surface area contributed by atoms with Crippen LogP contribution < -0.4 is 0 Å². The average Bonchev–Trinajstić information content (AvgIpc) is 1.99. The molecule has 0 aromatic rings. The summed E-state index contributed by atoms with van der Waals surface area (Å²) in [5.74, 6) is -1.08. The third-order valence-corrected chi connectivity index (χ3v) is 2.37. The van der Waals surface area contributed by atoms with Gasteiger partial charge in [-0.05, 0) is 26.0 Å². The average molecular weight is 251 g/mol. The molecule has 0 saturated heterocycles. The lowest BCUT2D eigenvalue weighted by atomic mass is 9.94. The van der Waals surface area contributed by atoms with Gasteiger partial charge >= 0.3 is 5.97 Å². The van der Waals surface area contributed by atoms with Gasteiger partial charge in [-0.25, -0.2) is 4.79 Å². The summed E-state index contributed by atoms with van der Waals surface area (Å²) < 4.78 is 5.40. The number of ether oxygens (including phenoxy) is 1. The third kappa shape index (κ3) is 2.97. The van der Waals surface area contributed by atoms with Crippen molar-refractivity contribution in [1.29, 1.82) is 0 Å². The molecule has 0 heterocycles. The van der Waals surface area contributed by atoms with E-state index < -0.39 is 11.6 Å². The number of hydrogen-bond acceptors (Lipinski definition) is 2. The van der Waals surface area contributed by atoms with Crippen molar-refractivity contribution in [2.24, 2.45) is 0 Å². The van der Waals surface area contributed by atoms with E-state index >= 15 is 0 Å². The van der Waals surface area contributed by atoms with Crippen LogP contribution in [0.5, 0.6) is 0 Å². The van der Waals surface area contributed by atoms with Gasteiger partial charge in [0.1, 0.15) is 0 Å². The quantitative estimate of drug-likeness (QED) is 0.838. The second-order valence-corrected chi connectivity index (χ2v) is 4.58. The highest BCUT2D eigenvalue weighted by molar-refractivity contribution is 6.35. The van der Waals surface area contributed by atoms with Crippen LogP contribution in [0.15, 0.2) is 22.2 Å². The summed E-state index contributed by atoms with van der Waals surface area (Å²) in [7, 11) is 0. The second-order valence-electron chi connectivity index (χ2n) is 3.66. The van der Waals surface area contributed by atoms with E-state index in [4.69, 9.17) is 33.0 Å². The minimum atomic E-state index is -1.43. The van der Waals surface area contributed by atoms with E-state index in [1.54, 1.807) is 13.8 Å². The first-order valence-corrected chi connectivity index (χ1v) is 5.27. The molecular formula is C10H12Cl2O3. The lowest BCUT2D eigenvalue weighted by Gasteiger charge is -2.30. The van der Waals surface area contributed by atoms with E-state index in [0.717, 1.165) is 0 Å². The summed E-state index contributed by atoms with van der Waals surface area (Å²) in [6.07, 6.45) is 2.79. The number of carboxylic acids is 1. The Morgan fingerprint density at radius 3 is 2.60 bits per heavy atom. The minimum Gasteiger partial charge on any atom is -0.479 e. The molecule has 1 rings (SSSR count). The Hall–Kier alpha value is -0.510. The molecule has 0 aromatic heterocycles. The Balaban J connectivity index is 3.04.